The van der Waals surface area contributed by atoms with Crippen molar-refractivity contribution in [3.8, 4) is 0 Å². The van der Waals surface area contributed by atoms with Gasteiger partial charge in [0, 0.05) is 5.41 Å². The van der Waals surface area contributed by atoms with Crippen LogP contribution >= 0.6 is 0 Å². The third kappa shape index (κ3) is 3.89. The second kappa shape index (κ2) is 6.44. The van der Waals surface area contributed by atoms with E-state index in [9.17, 15) is 0 Å². The van der Waals surface area contributed by atoms with Crippen LogP contribution in [-0.4, -0.2) is 0 Å². The zero-order valence-electron chi connectivity index (χ0n) is 11.0. The molecule has 0 heterocycles. The molecule has 0 fully saturated rings. The first-order valence-electron chi connectivity index (χ1n) is 6.07. The lowest BCUT2D eigenvalue weighted by molar-refractivity contribution is 0.670. The monoisotopic (exact) mass is 230 g/mol. The molecule has 1 aromatic carbocycles. The summed E-state index contributed by atoms with van der Waals surface area (Å²) in [6.45, 7) is 10.6. The molecule has 94 valence electrons. The summed E-state index contributed by atoms with van der Waals surface area (Å²) < 4.78 is 0. The number of rotatable bonds is 0. The number of benzene rings is 1. The van der Waals surface area contributed by atoms with Crippen LogP contribution in [-0.2, 0) is 0 Å². The molecule has 0 bridgehead atoms. The van der Waals surface area contributed by atoms with Crippen molar-refractivity contribution in [2.24, 2.45) is 5.41 Å². The topological polar surface area (TPSA) is 0 Å². The molecular weight excluding hydrogens is 204 g/mol. The molecule has 17 heavy (non-hydrogen) atoms. The standard InChI is InChI=1S/C14H16.C2H6.CH4/c1-11-6-4-7-12-10-14(2,3)9-5-8-13(11)12;1-2;/h4-10H,1-3H3;1-2H3;1H4. The maximum Gasteiger partial charge on any atom is 0.00167 e. The molecule has 0 amide bonds. The van der Waals surface area contributed by atoms with E-state index in [-0.39, 0.29) is 12.8 Å². The highest BCUT2D eigenvalue weighted by molar-refractivity contribution is 5.49. The van der Waals surface area contributed by atoms with Gasteiger partial charge in [0.1, 0.15) is 0 Å². The van der Waals surface area contributed by atoms with Crippen LogP contribution in [0.25, 0.3) is 12.2 Å². The molecule has 0 N–H and O–H groups in total. The van der Waals surface area contributed by atoms with Gasteiger partial charge in [0.2, 0.25) is 0 Å². The summed E-state index contributed by atoms with van der Waals surface area (Å²) in [7, 11) is 0. The predicted molar refractivity (Wildman–Crippen MR) is 80.4 cm³/mol. The van der Waals surface area contributed by atoms with Crippen LogP contribution in [0.4, 0.5) is 0 Å². The van der Waals surface area contributed by atoms with Crippen LogP contribution in [0.1, 0.15) is 40.7 Å². The molecule has 0 aromatic heterocycles. The lowest BCUT2D eigenvalue weighted by Crippen LogP contribution is -2.27. The number of allylic oxidation sites excluding steroid dienone is 2. The summed E-state index contributed by atoms with van der Waals surface area (Å²) in [6.07, 6.45) is 8.94. The molecule has 0 unspecified atom stereocenters. The zero-order valence-corrected chi connectivity index (χ0v) is 11.0. The van der Waals surface area contributed by atoms with E-state index in [0.717, 1.165) is 0 Å². The lowest BCUT2D eigenvalue weighted by Gasteiger charge is -2.12. The predicted octanol–water partition coefficient (Wildman–Crippen LogP) is 3.81. The van der Waals surface area contributed by atoms with Crippen LogP contribution < -0.4 is 10.4 Å². The van der Waals surface area contributed by atoms with Gasteiger partial charge in [-0.1, -0.05) is 77.6 Å². The summed E-state index contributed by atoms with van der Waals surface area (Å²) in [5, 5.41) is 2.70. The van der Waals surface area contributed by atoms with Gasteiger partial charge in [-0.3, -0.25) is 0 Å². The summed E-state index contributed by atoms with van der Waals surface area (Å²) in [5.74, 6) is 0. The fraction of sp³-hybridized carbons (Fsp3) is 0.412. The minimum atomic E-state index is 0. The number of hydrogen-bond acceptors (Lipinski definition) is 0. The zero-order chi connectivity index (χ0) is 12.2. The first-order valence-corrected chi connectivity index (χ1v) is 6.07. The van der Waals surface area contributed by atoms with Crippen LogP contribution in [0.15, 0.2) is 30.4 Å². The average molecular weight is 230 g/mol. The number of aryl methyl sites for hydroxylation is 1. The fourth-order valence-electron chi connectivity index (χ4n) is 1.90. The molecule has 0 saturated heterocycles. The Morgan fingerprint density at radius 1 is 1.06 bits per heavy atom. The second-order valence-electron chi connectivity index (χ2n) is 4.57. The highest BCUT2D eigenvalue weighted by atomic mass is 14.1. The van der Waals surface area contributed by atoms with Crippen LogP contribution in [0.3, 0.4) is 0 Å². The van der Waals surface area contributed by atoms with Gasteiger partial charge in [0.05, 0.1) is 0 Å². The summed E-state index contributed by atoms with van der Waals surface area (Å²) in [4.78, 5) is 0. The molecule has 1 aromatic rings. The Morgan fingerprint density at radius 2 is 1.71 bits per heavy atom. The number of fused-ring (bicyclic) bond motifs is 1. The Morgan fingerprint density at radius 3 is 2.35 bits per heavy atom. The van der Waals surface area contributed by atoms with E-state index in [4.69, 9.17) is 0 Å². The molecule has 0 aliphatic heterocycles. The summed E-state index contributed by atoms with van der Waals surface area (Å²) >= 11 is 0. The molecule has 0 spiro atoms. The third-order valence-electron chi connectivity index (χ3n) is 2.67. The SMILES string of the molecule is C.CC.Cc1cccc2c1=CC=CC(C)(C)C=2. The molecule has 0 atom stereocenters. The van der Waals surface area contributed by atoms with Gasteiger partial charge >= 0.3 is 0 Å². The minimum absolute atomic E-state index is 0. The highest BCUT2D eigenvalue weighted by Gasteiger charge is 2.10. The van der Waals surface area contributed by atoms with Crippen molar-refractivity contribution in [1.29, 1.82) is 0 Å². The summed E-state index contributed by atoms with van der Waals surface area (Å²) in [5.41, 5.74) is 1.51. The maximum absolute atomic E-state index is 2.33. The van der Waals surface area contributed by atoms with Crippen molar-refractivity contribution in [3.05, 3.63) is 46.4 Å². The molecule has 0 saturated carbocycles. The van der Waals surface area contributed by atoms with E-state index < -0.39 is 0 Å². The van der Waals surface area contributed by atoms with Gasteiger partial charge in [-0.25, -0.2) is 0 Å². The Bertz CT molecular complexity index is 487. The molecule has 0 radical (unpaired) electrons. The van der Waals surface area contributed by atoms with Crippen molar-refractivity contribution in [2.75, 3.05) is 0 Å². The smallest absolute Gasteiger partial charge is 0.00167 e. The van der Waals surface area contributed by atoms with Gasteiger partial charge in [0.15, 0.2) is 0 Å². The van der Waals surface area contributed by atoms with Gasteiger partial charge in [-0.05, 0) is 22.9 Å². The maximum atomic E-state index is 2.33. The van der Waals surface area contributed by atoms with Gasteiger partial charge in [-0.15, -0.1) is 0 Å². The van der Waals surface area contributed by atoms with Gasteiger partial charge in [-0.2, -0.15) is 0 Å². The highest BCUT2D eigenvalue weighted by Crippen LogP contribution is 2.19. The van der Waals surface area contributed by atoms with E-state index >= 15 is 0 Å². The van der Waals surface area contributed by atoms with Crippen LogP contribution in [0.2, 0.25) is 0 Å². The minimum Gasteiger partial charge on any atom is -0.0776 e. The lowest BCUT2D eigenvalue weighted by atomic mass is 9.92. The normalized spacial score (nSPS) is 14.9. The van der Waals surface area contributed by atoms with Crippen LogP contribution in [0.5, 0.6) is 0 Å². The van der Waals surface area contributed by atoms with Crippen molar-refractivity contribution in [2.45, 2.75) is 42.0 Å². The molecule has 2 rings (SSSR count). The van der Waals surface area contributed by atoms with E-state index in [1.54, 1.807) is 0 Å². The van der Waals surface area contributed by atoms with E-state index in [1.165, 1.54) is 16.0 Å². The van der Waals surface area contributed by atoms with Crippen molar-refractivity contribution in [1.82, 2.24) is 0 Å². The Hall–Kier alpha value is -1.30. The van der Waals surface area contributed by atoms with Crippen molar-refractivity contribution >= 4 is 12.2 Å². The fourth-order valence-corrected chi connectivity index (χ4v) is 1.90. The first-order chi connectivity index (χ1) is 7.58. The van der Waals surface area contributed by atoms with E-state index in [1.807, 2.05) is 13.8 Å². The third-order valence-corrected chi connectivity index (χ3v) is 2.67. The molecule has 0 nitrogen and oxygen atoms in total. The van der Waals surface area contributed by atoms with E-state index in [0.29, 0.717) is 0 Å². The quantitative estimate of drug-likeness (QED) is 0.635. The van der Waals surface area contributed by atoms with Crippen molar-refractivity contribution in [3.63, 3.8) is 0 Å². The molecule has 1 aliphatic rings. The Labute approximate surface area is 106 Å². The largest absolute Gasteiger partial charge is 0.0776 e. The Kier molecular flexibility index (Phi) is 5.95. The van der Waals surface area contributed by atoms with Gasteiger partial charge < -0.3 is 0 Å². The van der Waals surface area contributed by atoms with Crippen molar-refractivity contribution < 1.29 is 0 Å². The molecule has 1 aliphatic carbocycles. The first kappa shape index (κ1) is 15.7. The average Bonchev–Trinajstić information content (AvgIpc) is 2.39. The molecular formula is C17H26. The summed E-state index contributed by atoms with van der Waals surface area (Å²) in [6, 6.07) is 6.48. The second-order valence-corrected chi connectivity index (χ2v) is 4.57. The van der Waals surface area contributed by atoms with E-state index in [2.05, 4.69) is 63.3 Å². The number of hydrogen-bond donors (Lipinski definition) is 0. The molecule has 0 heteroatoms. The Balaban J connectivity index is 0.000000811. The van der Waals surface area contributed by atoms with Gasteiger partial charge in [0.25, 0.3) is 0 Å². The van der Waals surface area contributed by atoms with Crippen LogP contribution in [0, 0.1) is 12.3 Å².